The van der Waals surface area contributed by atoms with Crippen molar-refractivity contribution >= 4 is 15.7 Å². The van der Waals surface area contributed by atoms with E-state index in [-0.39, 0.29) is 23.5 Å². The van der Waals surface area contributed by atoms with Crippen LogP contribution in [-0.4, -0.2) is 64.5 Å². The van der Waals surface area contributed by atoms with Crippen molar-refractivity contribution < 1.29 is 17.6 Å². The monoisotopic (exact) mass is 393 g/mol. The molecular formula is C17H23N5O4S. The predicted octanol–water partition coefficient (Wildman–Crippen LogP) is 0.549. The third-order valence-corrected chi connectivity index (χ3v) is 7.55. The number of carbonyl (C=O) groups excluding carboxylic acids is 1. The fourth-order valence-corrected chi connectivity index (χ4v) is 6.26. The number of likely N-dealkylation sites (tertiary alicyclic amines) is 1. The van der Waals surface area contributed by atoms with E-state index in [1.54, 1.807) is 6.26 Å². The second-order valence-corrected chi connectivity index (χ2v) is 9.89. The summed E-state index contributed by atoms with van der Waals surface area (Å²) in [4.78, 5) is 18.8. The molecular weight excluding hydrogens is 370 g/mol. The average molecular weight is 393 g/mol. The van der Waals surface area contributed by atoms with Crippen LogP contribution in [0.3, 0.4) is 0 Å². The van der Waals surface area contributed by atoms with Crippen LogP contribution in [-0.2, 0) is 16.4 Å². The Balaban J connectivity index is 1.45. The van der Waals surface area contributed by atoms with Crippen molar-refractivity contribution in [2.45, 2.75) is 37.6 Å². The summed E-state index contributed by atoms with van der Waals surface area (Å²) in [5.74, 6) is 0.451. The van der Waals surface area contributed by atoms with Crippen molar-refractivity contribution in [2.75, 3.05) is 18.8 Å². The summed E-state index contributed by atoms with van der Waals surface area (Å²) >= 11 is 0. The second kappa shape index (κ2) is 6.75. The summed E-state index contributed by atoms with van der Waals surface area (Å²) in [7, 11) is -3.24. The van der Waals surface area contributed by atoms with Crippen LogP contribution >= 0.6 is 0 Å². The number of nitrogens with one attached hydrogen (secondary N) is 2. The normalized spacial score (nSPS) is 27.1. The van der Waals surface area contributed by atoms with Gasteiger partial charge in [-0.2, -0.15) is 5.10 Å². The van der Waals surface area contributed by atoms with Crippen molar-refractivity contribution in [2.24, 2.45) is 5.92 Å². The molecule has 0 bridgehead atoms. The number of hydrogen-bond donors (Lipinski definition) is 2. The van der Waals surface area contributed by atoms with Crippen molar-refractivity contribution in [3.8, 4) is 0 Å². The number of fused-ring (bicyclic) bond motifs is 1. The number of H-pyrrole nitrogens is 1. The number of carbonyl (C=O) groups is 1. The van der Waals surface area contributed by atoms with Gasteiger partial charge in [0.15, 0.2) is 15.7 Å². The minimum Gasteiger partial charge on any atom is -0.448 e. The van der Waals surface area contributed by atoms with Gasteiger partial charge in [0.05, 0.1) is 28.5 Å². The molecule has 27 heavy (non-hydrogen) atoms. The summed E-state index contributed by atoms with van der Waals surface area (Å²) in [5.41, 5.74) is 1.20. The third-order valence-electron chi connectivity index (χ3n) is 5.30. The molecule has 2 aromatic heterocycles. The van der Waals surface area contributed by atoms with Crippen molar-refractivity contribution in [1.29, 1.82) is 0 Å². The van der Waals surface area contributed by atoms with Crippen molar-refractivity contribution in [3.63, 3.8) is 0 Å². The molecule has 1 amide bonds. The molecule has 4 rings (SSSR count). The molecule has 9 nitrogen and oxygen atoms in total. The first-order valence-electron chi connectivity index (χ1n) is 9.01. The van der Waals surface area contributed by atoms with E-state index in [9.17, 15) is 13.2 Å². The van der Waals surface area contributed by atoms with E-state index < -0.39 is 21.1 Å². The lowest BCUT2D eigenvalue weighted by Gasteiger charge is -2.20. The molecule has 2 aromatic rings. The van der Waals surface area contributed by atoms with Crippen LogP contribution in [0.15, 0.2) is 23.1 Å². The fraction of sp³-hybridized carbons (Fsp3) is 0.588. The summed E-state index contributed by atoms with van der Waals surface area (Å²) in [6, 6.07) is -0.393. The highest BCUT2D eigenvalue weighted by atomic mass is 32.2. The number of hydrogen-bond acceptors (Lipinski definition) is 7. The maximum absolute atomic E-state index is 12.6. The Labute approximate surface area is 157 Å². The molecule has 2 saturated heterocycles. The summed E-state index contributed by atoms with van der Waals surface area (Å²) in [5, 5.41) is 8.76. The molecule has 2 fully saturated rings. The Morgan fingerprint density at radius 2 is 2.26 bits per heavy atom. The van der Waals surface area contributed by atoms with Gasteiger partial charge in [-0.1, -0.05) is 13.8 Å². The number of nitrogens with zero attached hydrogens (tertiary/aromatic N) is 3. The molecule has 0 saturated carbocycles. The van der Waals surface area contributed by atoms with E-state index >= 15 is 0 Å². The molecule has 0 aromatic carbocycles. The Morgan fingerprint density at radius 3 is 2.93 bits per heavy atom. The molecule has 2 aliphatic heterocycles. The van der Waals surface area contributed by atoms with Gasteiger partial charge in [-0.05, 0) is 0 Å². The molecule has 0 radical (unpaired) electrons. The number of aromatic nitrogens is 3. The molecule has 2 aliphatic rings. The van der Waals surface area contributed by atoms with Gasteiger partial charge in [0.1, 0.15) is 6.26 Å². The zero-order chi connectivity index (χ0) is 19.2. The second-order valence-electron chi connectivity index (χ2n) is 7.62. The lowest BCUT2D eigenvalue weighted by atomic mass is 10.0. The van der Waals surface area contributed by atoms with Gasteiger partial charge in [0.2, 0.25) is 0 Å². The van der Waals surface area contributed by atoms with Crippen molar-refractivity contribution in [3.05, 3.63) is 35.8 Å². The van der Waals surface area contributed by atoms with Gasteiger partial charge >= 0.3 is 0 Å². The van der Waals surface area contributed by atoms with E-state index in [4.69, 9.17) is 4.42 Å². The SMILES string of the molecule is CC(C)c1nc(CN2C[C@H]3[C@H](NC(=O)c4cn[nH]c4)CS(=O)(=O)[C@H]3C2)co1. The highest BCUT2D eigenvalue weighted by Gasteiger charge is 2.52. The summed E-state index contributed by atoms with van der Waals surface area (Å²) < 4.78 is 30.6. The molecule has 2 N–H and O–H groups in total. The first kappa shape index (κ1) is 18.2. The number of oxazole rings is 1. The van der Waals surface area contributed by atoms with E-state index in [1.165, 1.54) is 12.4 Å². The van der Waals surface area contributed by atoms with E-state index in [0.717, 1.165) is 5.69 Å². The van der Waals surface area contributed by atoms with E-state index in [2.05, 4.69) is 25.4 Å². The largest absolute Gasteiger partial charge is 0.448 e. The van der Waals surface area contributed by atoms with Crippen LogP contribution < -0.4 is 5.32 Å². The fourth-order valence-electron chi connectivity index (χ4n) is 3.94. The quantitative estimate of drug-likeness (QED) is 0.761. The van der Waals surface area contributed by atoms with Gasteiger partial charge in [-0.25, -0.2) is 13.4 Å². The van der Waals surface area contributed by atoms with Crippen LogP contribution in [0.25, 0.3) is 0 Å². The Bertz CT molecular complexity index is 921. The maximum Gasteiger partial charge on any atom is 0.254 e. The Hall–Kier alpha value is -2.20. The highest BCUT2D eigenvalue weighted by Crippen LogP contribution is 2.35. The molecule has 3 atom stereocenters. The molecule has 0 aliphatic carbocycles. The number of sulfone groups is 1. The molecule has 0 spiro atoms. The number of aromatic amines is 1. The third kappa shape index (κ3) is 3.51. The standard InChI is InChI=1S/C17H23N5O4S/c1-10(2)17-20-12(8-26-17)5-22-6-13-14(9-27(24,25)15(13)7-22)21-16(23)11-3-18-19-4-11/h3-4,8,10,13-15H,5-7,9H2,1-2H3,(H,18,19)(H,21,23)/t13-,14+,15-/m0/s1. The Morgan fingerprint density at radius 1 is 1.44 bits per heavy atom. The van der Waals surface area contributed by atoms with E-state index in [1.807, 2.05) is 13.8 Å². The van der Waals surface area contributed by atoms with Crippen LogP contribution in [0.1, 0.15) is 41.7 Å². The van der Waals surface area contributed by atoms with Crippen LogP contribution in [0.5, 0.6) is 0 Å². The highest BCUT2D eigenvalue weighted by molar-refractivity contribution is 7.92. The minimum atomic E-state index is -3.24. The number of rotatable bonds is 5. The molecule has 0 unspecified atom stereocenters. The van der Waals surface area contributed by atoms with Crippen LogP contribution in [0.4, 0.5) is 0 Å². The molecule has 10 heteroatoms. The number of amides is 1. The molecule has 4 heterocycles. The van der Waals surface area contributed by atoms with Crippen LogP contribution in [0.2, 0.25) is 0 Å². The zero-order valence-electron chi connectivity index (χ0n) is 15.3. The summed E-state index contributed by atoms with van der Waals surface area (Å²) in [6.45, 7) is 5.62. The van der Waals surface area contributed by atoms with E-state index in [0.29, 0.717) is 31.1 Å². The summed E-state index contributed by atoms with van der Waals surface area (Å²) in [6.07, 6.45) is 4.55. The first-order chi connectivity index (χ1) is 12.8. The average Bonchev–Trinajstić information content (AvgIpc) is 3.36. The molecule has 146 valence electrons. The Kier molecular flexibility index (Phi) is 4.55. The van der Waals surface area contributed by atoms with Gasteiger partial charge in [-0.3, -0.25) is 14.8 Å². The minimum absolute atomic E-state index is 0.0127. The zero-order valence-corrected chi connectivity index (χ0v) is 16.1. The van der Waals surface area contributed by atoms with Crippen molar-refractivity contribution in [1.82, 2.24) is 25.4 Å². The lowest BCUT2D eigenvalue weighted by Crippen LogP contribution is -2.41. The maximum atomic E-state index is 12.6. The van der Waals surface area contributed by atoms with Crippen LogP contribution in [0, 0.1) is 5.92 Å². The van der Waals surface area contributed by atoms with Gasteiger partial charge in [0, 0.05) is 43.7 Å². The first-order valence-corrected chi connectivity index (χ1v) is 10.7. The predicted molar refractivity (Wildman–Crippen MR) is 96.8 cm³/mol. The topological polar surface area (TPSA) is 121 Å². The lowest BCUT2D eigenvalue weighted by molar-refractivity contribution is 0.0930. The van der Waals surface area contributed by atoms with Gasteiger partial charge < -0.3 is 9.73 Å². The van der Waals surface area contributed by atoms with Gasteiger partial charge in [-0.15, -0.1) is 0 Å². The smallest absolute Gasteiger partial charge is 0.254 e. The van der Waals surface area contributed by atoms with Gasteiger partial charge in [0.25, 0.3) is 5.91 Å².